The van der Waals surface area contributed by atoms with Gasteiger partial charge < -0.3 is 10.3 Å². The van der Waals surface area contributed by atoms with Gasteiger partial charge in [0.15, 0.2) is 0 Å². The van der Waals surface area contributed by atoms with E-state index in [2.05, 4.69) is 16.5 Å². The summed E-state index contributed by atoms with van der Waals surface area (Å²) in [5, 5.41) is 0. The average Bonchev–Trinajstić information content (AvgIpc) is 2.84. The van der Waals surface area contributed by atoms with Crippen molar-refractivity contribution in [2.24, 2.45) is 5.73 Å². The van der Waals surface area contributed by atoms with E-state index in [9.17, 15) is 4.39 Å². The summed E-state index contributed by atoms with van der Waals surface area (Å²) in [4.78, 5) is 4.64. The van der Waals surface area contributed by atoms with E-state index < -0.39 is 6.04 Å². The van der Waals surface area contributed by atoms with E-state index in [1.165, 1.54) is 6.07 Å². The Morgan fingerprint density at radius 3 is 2.62 bits per heavy atom. The Bertz CT molecular complexity index is 764. The molecule has 1 atom stereocenters. The Morgan fingerprint density at radius 1 is 1.14 bits per heavy atom. The molecule has 0 saturated carbocycles. The predicted octanol–water partition coefficient (Wildman–Crippen LogP) is 3.44. The smallest absolute Gasteiger partial charge is 0.127 e. The number of nitrogens with zero attached hydrogens (tertiary/aromatic N) is 2. The van der Waals surface area contributed by atoms with Gasteiger partial charge in [0.05, 0.1) is 11.0 Å². The molecule has 1 unspecified atom stereocenters. The molecule has 0 aliphatic rings. The zero-order valence-electron chi connectivity index (χ0n) is 12.0. The van der Waals surface area contributed by atoms with E-state index in [4.69, 9.17) is 5.73 Å². The number of aromatic nitrogens is 2. The van der Waals surface area contributed by atoms with Crippen molar-refractivity contribution in [1.29, 1.82) is 0 Å². The molecule has 3 rings (SSSR count). The highest BCUT2D eigenvalue weighted by Crippen LogP contribution is 2.22. The third kappa shape index (κ3) is 2.54. The van der Waals surface area contributed by atoms with Crippen molar-refractivity contribution in [2.45, 2.75) is 25.9 Å². The van der Waals surface area contributed by atoms with E-state index in [0.717, 1.165) is 23.4 Å². The van der Waals surface area contributed by atoms with Crippen LogP contribution >= 0.6 is 0 Å². The first-order valence-corrected chi connectivity index (χ1v) is 7.15. The first kappa shape index (κ1) is 13.8. The van der Waals surface area contributed by atoms with Crippen LogP contribution in [0.3, 0.4) is 0 Å². The number of para-hydroxylation sites is 2. The number of aryl methyl sites for hydroxylation is 1. The quantitative estimate of drug-likeness (QED) is 0.797. The second-order valence-electron chi connectivity index (χ2n) is 5.09. The van der Waals surface area contributed by atoms with Gasteiger partial charge in [-0.05, 0) is 25.1 Å². The lowest BCUT2D eigenvalue weighted by atomic mass is 10.0. The Morgan fingerprint density at radius 2 is 1.86 bits per heavy atom. The van der Waals surface area contributed by atoms with Crippen molar-refractivity contribution < 1.29 is 4.39 Å². The van der Waals surface area contributed by atoms with Gasteiger partial charge in [0.25, 0.3) is 0 Å². The maximum Gasteiger partial charge on any atom is 0.127 e. The van der Waals surface area contributed by atoms with Gasteiger partial charge in [-0.1, -0.05) is 30.3 Å². The van der Waals surface area contributed by atoms with Crippen molar-refractivity contribution >= 4 is 11.0 Å². The van der Waals surface area contributed by atoms with Crippen molar-refractivity contribution in [3.05, 3.63) is 65.7 Å². The maximum atomic E-state index is 13.8. The highest BCUT2D eigenvalue weighted by Gasteiger charge is 2.16. The van der Waals surface area contributed by atoms with E-state index in [0.29, 0.717) is 12.0 Å². The predicted molar refractivity (Wildman–Crippen MR) is 82.4 cm³/mol. The highest BCUT2D eigenvalue weighted by atomic mass is 19.1. The monoisotopic (exact) mass is 283 g/mol. The minimum atomic E-state index is -0.395. The summed E-state index contributed by atoms with van der Waals surface area (Å²) < 4.78 is 16.0. The molecule has 3 aromatic rings. The van der Waals surface area contributed by atoms with Gasteiger partial charge in [-0.25, -0.2) is 9.37 Å². The van der Waals surface area contributed by atoms with Crippen molar-refractivity contribution in [3.63, 3.8) is 0 Å². The SMILES string of the molecule is CCn1c(CC(N)c2ccccc2F)nc2ccccc21. The lowest BCUT2D eigenvalue weighted by molar-refractivity contribution is 0.567. The Hall–Kier alpha value is -2.20. The summed E-state index contributed by atoms with van der Waals surface area (Å²) >= 11 is 0. The van der Waals surface area contributed by atoms with Crippen LogP contribution in [0.2, 0.25) is 0 Å². The van der Waals surface area contributed by atoms with Crippen LogP contribution in [-0.4, -0.2) is 9.55 Å². The van der Waals surface area contributed by atoms with Crippen LogP contribution in [0, 0.1) is 5.82 Å². The van der Waals surface area contributed by atoms with Gasteiger partial charge in [-0.15, -0.1) is 0 Å². The maximum absolute atomic E-state index is 13.8. The van der Waals surface area contributed by atoms with Crippen molar-refractivity contribution in [3.8, 4) is 0 Å². The summed E-state index contributed by atoms with van der Waals surface area (Å²) in [6.07, 6.45) is 0.517. The molecule has 0 bridgehead atoms. The molecule has 2 N–H and O–H groups in total. The van der Waals surface area contributed by atoms with Crippen LogP contribution in [0.4, 0.5) is 4.39 Å². The van der Waals surface area contributed by atoms with Gasteiger partial charge in [-0.3, -0.25) is 0 Å². The number of hydrogen-bond donors (Lipinski definition) is 1. The molecule has 21 heavy (non-hydrogen) atoms. The molecule has 3 nitrogen and oxygen atoms in total. The minimum Gasteiger partial charge on any atom is -0.328 e. The van der Waals surface area contributed by atoms with Crippen LogP contribution in [-0.2, 0) is 13.0 Å². The number of halogens is 1. The molecule has 0 aliphatic carbocycles. The third-order valence-electron chi connectivity index (χ3n) is 3.76. The van der Waals surface area contributed by atoms with Gasteiger partial charge in [-0.2, -0.15) is 0 Å². The molecule has 1 aromatic heterocycles. The molecule has 0 saturated heterocycles. The fraction of sp³-hybridized carbons (Fsp3) is 0.235. The normalized spacial score (nSPS) is 12.7. The molecule has 0 spiro atoms. The Kier molecular flexibility index (Phi) is 3.71. The molecule has 2 aromatic carbocycles. The van der Waals surface area contributed by atoms with Crippen molar-refractivity contribution in [1.82, 2.24) is 9.55 Å². The van der Waals surface area contributed by atoms with E-state index in [-0.39, 0.29) is 5.82 Å². The molecule has 1 heterocycles. The first-order valence-electron chi connectivity index (χ1n) is 7.15. The molecule has 0 amide bonds. The average molecular weight is 283 g/mol. The summed E-state index contributed by atoms with van der Waals surface area (Å²) in [6.45, 7) is 2.89. The van der Waals surface area contributed by atoms with E-state index >= 15 is 0 Å². The number of benzene rings is 2. The largest absolute Gasteiger partial charge is 0.328 e. The number of imidazole rings is 1. The first-order chi connectivity index (χ1) is 10.2. The van der Waals surface area contributed by atoms with Gasteiger partial charge in [0.1, 0.15) is 11.6 Å². The fourth-order valence-electron chi connectivity index (χ4n) is 2.72. The minimum absolute atomic E-state index is 0.260. The van der Waals surface area contributed by atoms with Crippen LogP contribution in [0.25, 0.3) is 11.0 Å². The lowest BCUT2D eigenvalue weighted by Gasteiger charge is -2.13. The molecule has 0 radical (unpaired) electrons. The van der Waals surface area contributed by atoms with Gasteiger partial charge >= 0.3 is 0 Å². The fourth-order valence-corrected chi connectivity index (χ4v) is 2.72. The second kappa shape index (κ2) is 5.66. The summed E-state index contributed by atoms with van der Waals surface area (Å²) in [5.74, 6) is 0.638. The third-order valence-corrected chi connectivity index (χ3v) is 3.76. The number of fused-ring (bicyclic) bond motifs is 1. The standard InChI is InChI=1S/C17H18FN3/c1-2-21-16-10-6-5-9-15(16)20-17(21)11-14(19)12-7-3-4-8-13(12)18/h3-10,14H,2,11,19H2,1H3. The van der Waals surface area contributed by atoms with Crippen LogP contribution < -0.4 is 5.73 Å². The van der Waals surface area contributed by atoms with Crippen LogP contribution in [0.15, 0.2) is 48.5 Å². The van der Waals surface area contributed by atoms with Crippen LogP contribution in [0.5, 0.6) is 0 Å². The summed E-state index contributed by atoms with van der Waals surface area (Å²) in [7, 11) is 0. The van der Waals surface area contributed by atoms with Crippen molar-refractivity contribution in [2.75, 3.05) is 0 Å². The number of nitrogens with two attached hydrogens (primary N) is 1. The molecule has 0 aliphatic heterocycles. The number of rotatable bonds is 4. The number of hydrogen-bond acceptors (Lipinski definition) is 2. The Labute approximate surface area is 123 Å². The highest BCUT2D eigenvalue weighted by molar-refractivity contribution is 5.75. The second-order valence-corrected chi connectivity index (χ2v) is 5.09. The summed E-state index contributed by atoms with van der Waals surface area (Å²) in [6, 6.07) is 14.3. The molecular weight excluding hydrogens is 265 g/mol. The zero-order valence-corrected chi connectivity index (χ0v) is 12.0. The van der Waals surface area contributed by atoms with E-state index in [1.807, 2.05) is 24.3 Å². The van der Waals surface area contributed by atoms with Crippen LogP contribution in [0.1, 0.15) is 24.4 Å². The molecule has 4 heteroatoms. The topological polar surface area (TPSA) is 43.8 Å². The lowest BCUT2D eigenvalue weighted by Crippen LogP contribution is -2.17. The molecular formula is C17H18FN3. The molecule has 108 valence electrons. The van der Waals surface area contributed by atoms with Gasteiger partial charge in [0.2, 0.25) is 0 Å². The Balaban J connectivity index is 1.96. The zero-order chi connectivity index (χ0) is 14.8. The molecule has 0 fully saturated rings. The summed E-state index contributed by atoms with van der Waals surface area (Å²) in [5.41, 5.74) is 8.76. The van der Waals surface area contributed by atoms with E-state index in [1.54, 1.807) is 18.2 Å². The van der Waals surface area contributed by atoms with Gasteiger partial charge in [0, 0.05) is 24.6 Å².